The Morgan fingerprint density at radius 1 is 1.15 bits per heavy atom. The monoisotopic (exact) mass is 462 g/mol. The first-order chi connectivity index (χ1) is 16.3. The maximum absolute atomic E-state index is 13.6. The molecule has 2 heterocycles. The molecule has 1 fully saturated rings. The average molecular weight is 463 g/mol. The summed E-state index contributed by atoms with van der Waals surface area (Å²) < 4.78 is 5.27. The molecule has 4 rings (SSSR count). The van der Waals surface area contributed by atoms with Crippen LogP contribution < -0.4 is 15.4 Å². The second kappa shape index (κ2) is 9.87. The van der Waals surface area contributed by atoms with Gasteiger partial charge in [-0.05, 0) is 43.5 Å². The van der Waals surface area contributed by atoms with Gasteiger partial charge in [0.05, 0.1) is 13.3 Å². The van der Waals surface area contributed by atoms with Crippen molar-refractivity contribution in [2.75, 3.05) is 13.7 Å². The number of hydrogen-bond acceptors (Lipinski definition) is 4. The summed E-state index contributed by atoms with van der Waals surface area (Å²) in [5.74, 6) is 0.295. The number of amides is 2. The zero-order valence-electron chi connectivity index (χ0n) is 20.2. The van der Waals surface area contributed by atoms with E-state index >= 15 is 0 Å². The minimum atomic E-state index is -1.08. The number of carbonyl (C=O) groups excluding carboxylic acids is 2. The maximum atomic E-state index is 13.6. The van der Waals surface area contributed by atoms with Crippen molar-refractivity contribution in [3.8, 4) is 5.75 Å². The average Bonchev–Trinajstić information content (AvgIpc) is 3.25. The number of carbonyl (C=O) groups is 2. The van der Waals surface area contributed by atoms with E-state index in [1.54, 1.807) is 20.2 Å². The van der Waals surface area contributed by atoms with Crippen LogP contribution in [0.1, 0.15) is 57.2 Å². The van der Waals surface area contributed by atoms with Gasteiger partial charge in [0, 0.05) is 48.1 Å². The van der Waals surface area contributed by atoms with Gasteiger partial charge in [-0.15, -0.1) is 0 Å². The van der Waals surface area contributed by atoms with Crippen LogP contribution in [0.5, 0.6) is 5.75 Å². The lowest BCUT2D eigenvalue weighted by molar-refractivity contribution is -0.132. The molecule has 7 nitrogen and oxygen atoms in total. The molecule has 2 amide bonds. The van der Waals surface area contributed by atoms with Gasteiger partial charge in [0.2, 0.25) is 11.8 Å². The largest absolute Gasteiger partial charge is 0.495 e. The normalized spacial score (nSPS) is 17.0. The van der Waals surface area contributed by atoms with Crippen LogP contribution in [0.2, 0.25) is 0 Å². The van der Waals surface area contributed by atoms with Crippen molar-refractivity contribution in [2.24, 2.45) is 0 Å². The fraction of sp³-hybridized carbons (Fsp3) is 0.444. The van der Waals surface area contributed by atoms with E-state index < -0.39 is 5.54 Å². The summed E-state index contributed by atoms with van der Waals surface area (Å²) in [6.07, 6.45) is 9.36. The molecule has 0 aliphatic heterocycles. The maximum Gasteiger partial charge on any atom is 0.245 e. The highest BCUT2D eigenvalue weighted by atomic mass is 16.5. The van der Waals surface area contributed by atoms with E-state index in [-0.39, 0.29) is 17.2 Å². The number of aromatic amines is 1. The van der Waals surface area contributed by atoms with Crippen LogP contribution in [0.25, 0.3) is 10.9 Å². The van der Waals surface area contributed by atoms with E-state index in [9.17, 15) is 9.59 Å². The summed E-state index contributed by atoms with van der Waals surface area (Å²) in [5, 5.41) is 7.16. The minimum Gasteiger partial charge on any atom is -0.495 e. The highest BCUT2D eigenvalue weighted by Crippen LogP contribution is 2.38. The molecule has 34 heavy (non-hydrogen) atoms. The molecular weight excluding hydrogens is 428 g/mol. The smallest absolute Gasteiger partial charge is 0.245 e. The standard InChI is InChI=1S/C27H34N4O3/c1-19(32)31-26(2,15-20-16-28-23-10-6-5-9-22(20)23)25(33)30-18-27(13-7-4-8-14-27)24-12-11-21(34-3)17-29-24/h5-6,9-12,16-17,28H,4,7-8,13-15,18H2,1-3H3,(H,30,33)(H,31,32)/t26-/m0/s1. The number of hydrogen-bond donors (Lipinski definition) is 3. The molecule has 0 unspecified atom stereocenters. The third-order valence-electron chi connectivity index (χ3n) is 7.09. The van der Waals surface area contributed by atoms with Gasteiger partial charge in [-0.1, -0.05) is 37.5 Å². The summed E-state index contributed by atoms with van der Waals surface area (Å²) in [6.45, 7) is 3.73. The summed E-state index contributed by atoms with van der Waals surface area (Å²) in [6, 6.07) is 11.9. The van der Waals surface area contributed by atoms with Crippen molar-refractivity contribution in [3.63, 3.8) is 0 Å². The van der Waals surface area contributed by atoms with Gasteiger partial charge in [-0.2, -0.15) is 0 Å². The third-order valence-corrected chi connectivity index (χ3v) is 7.09. The van der Waals surface area contributed by atoms with E-state index in [4.69, 9.17) is 4.74 Å². The second-order valence-corrected chi connectivity index (χ2v) is 9.66. The van der Waals surface area contributed by atoms with Gasteiger partial charge in [-0.25, -0.2) is 0 Å². The molecule has 1 aliphatic rings. The molecule has 1 aliphatic carbocycles. The molecule has 3 aromatic rings. The van der Waals surface area contributed by atoms with Crippen LogP contribution in [0.4, 0.5) is 0 Å². The molecule has 1 saturated carbocycles. The fourth-order valence-corrected chi connectivity index (χ4v) is 5.24. The zero-order valence-corrected chi connectivity index (χ0v) is 20.2. The van der Waals surface area contributed by atoms with Gasteiger partial charge in [-0.3, -0.25) is 14.6 Å². The van der Waals surface area contributed by atoms with E-state index in [1.807, 2.05) is 42.6 Å². The molecule has 3 N–H and O–H groups in total. The number of benzene rings is 1. The topological polar surface area (TPSA) is 96.1 Å². The number of pyridine rings is 1. The SMILES string of the molecule is COc1ccc(C2(CNC(=O)[C@](C)(Cc3c[nH]c4ccccc34)NC(C)=O)CCCCC2)nc1. The van der Waals surface area contributed by atoms with E-state index in [0.29, 0.717) is 13.0 Å². The number of H-pyrrole nitrogens is 1. The van der Waals surface area contributed by atoms with Gasteiger partial charge in [0.25, 0.3) is 0 Å². The van der Waals surface area contributed by atoms with E-state index in [1.165, 1.54) is 13.3 Å². The van der Waals surface area contributed by atoms with Crippen molar-refractivity contribution in [3.05, 3.63) is 60.0 Å². The summed E-state index contributed by atoms with van der Waals surface area (Å²) in [5.41, 5.74) is 1.67. The lowest BCUT2D eigenvalue weighted by atomic mass is 9.71. The second-order valence-electron chi connectivity index (χ2n) is 9.66. The van der Waals surface area contributed by atoms with Gasteiger partial charge < -0.3 is 20.4 Å². The summed E-state index contributed by atoms with van der Waals surface area (Å²) in [4.78, 5) is 33.6. The quantitative estimate of drug-likeness (QED) is 0.471. The zero-order chi connectivity index (χ0) is 24.2. The van der Waals surface area contributed by atoms with Gasteiger partial charge >= 0.3 is 0 Å². The van der Waals surface area contributed by atoms with Crippen LogP contribution in [0.15, 0.2) is 48.8 Å². The molecule has 0 bridgehead atoms. The summed E-state index contributed by atoms with van der Waals surface area (Å²) >= 11 is 0. The van der Waals surface area contributed by atoms with Crippen molar-refractivity contribution in [1.29, 1.82) is 0 Å². The van der Waals surface area contributed by atoms with E-state index in [2.05, 4.69) is 20.6 Å². The molecule has 1 aromatic carbocycles. The fourth-order valence-electron chi connectivity index (χ4n) is 5.24. The van der Waals surface area contributed by atoms with Crippen molar-refractivity contribution in [2.45, 2.75) is 63.3 Å². The predicted octanol–water partition coefficient (Wildman–Crippen LogP) is 4.03. The molecule has 1 atom stereocenters. The van der Waals surface area contributed by atoms with Crippen LogP contribution in [-0.4, -0.2) is 41.0 Å². The highest BCUT2D eigenvalue weighted by Gasteiger charge is 2.39. The lowest BCUT2D eigenvalue weighted by Crippen LogP contribution is -2.59. The lowest BCUT2D eigenvalue weighted by Gasteiger charge is -2.38. The van der Waals surface area contributed by atoms with Crippen LogP contribution in [-0.2, 0) is 21.4 Å². The number of fused-ring (bicyclic) bond motifs is 1. The molecule has 0 saturated heterocycles. The van der Waals surface area contributed by atoms with Crippen LogP contribution >= 0.6 is 0 Å². The Hall–Kier alpha value is -3.35. The Morgan fingerprint density at radius 2 is 1.91 bits per heavy atom. The van der Waals surface area contributed by atoms with Gasteiger partial charge in [0.15, 0.2) is 0 Å². The third kappa shape index (κ3) is 4.93. The minimum absolute atomic E-state index is 0.188. The number of rotatable bonds is 8. The molecule has 0 spiro atoms. The molecule has 7 heteroatoms. The van der Waals surface area contributed by atoms with Crippen LogP contribution in [0.3, 0.4) is 0 Å². The number of ether oxygens (including phenoxy) is 1. The Bertz CT molecular complexity index is 1150. The number of nitrogens with one attached hydrogen (secondary N) is 3. The first-order valence-corrected chi connectivity index (χ1v) is 12.0. The Morgan fingerprint density at radius 3 is 2.59 bits per heavy atom. The van der Waals surface area contributed by atoms with Crippen molar-refractivity contribution >= 4 is 22.7 Å². The molecule has 180 valence electrons. The number of nitrogens with zero attached hydrogens (tertiary/aromatic N) is 1. The predicted molar refractivity (Wildman–Crippen MR) is 133 cm³/mol. The molecular formula is C27H34N4O3. The first kappa shape index (κ1) is 23.8. The Kier molecular flexibility index (Phi) is 6.91. The Balaban J connectivity index is 1.56. The molecule has 0 radical (unpaired) electrons. The van der Waals surface area contributed by atoms with Crippen LogP contribution in [0, 0.1) is 0 Å². The highest BCUT2D eigenvalue weighted by molar-refractivity contribution is 5.92. The molecule has 2 aromatic heterocycles. The van der Waals surface area contributed by atoms with E-state index in [0.717, 1.165) is 53.6 Å². The summed E-state index contributed by atoms with van der Waals surface area (Å²) in [7, 11) is 1.63. The van der Waals surface area contributed by atoms with Gasteiger partial charge in [0.1, 0.15) is 11.3 Å². The Labute approximate surface area is 200 Å². The first-order valence-electron chi connectivity index (χ1n) is 12.0. The number of para-hydroxylation sites is 1. The van der Waals surface area contributed by atoms with Crippen molar-refractivity contribution < 1.29 is 14.3 Å². The number of methoxy groups -OCH3 is 1. The van der Waals surface area contributed by atoms with Crippen molar-refractivity contribution in [1.82, 2.24) is 20.6 Å². The number of aromatic nitrogens is 2.